The fourth-order valence-electron chi connectivity index (χ4n) is 3.19. The number of hydrogen-bond acceptors (Lipinski definition) is 6. The van der Waals surface area contributed by atoms with Gasteiger partial charge in [-0.2, -0.15) is 0 Å². The molecule has 0 aliphatic carbocycles. The van der Waals surface area contributed by atoms with E-state index in [1.54, 1.807) is 14.0 Å². The molecule has 1 N–H and O–H groups in total. The second kappa shape index (κ2) is 11.6. The summed E-state index contributed by atoms with van der Waals surface area (Å²) in [6.07, 6.45) is -0.377. The maximum Gasteiger partial charge on any atom is 0.237 e. The number of nitrogens with one attached hydrogen (secondary N) is 1. The van der Waals surface area contributed by atoms with Crippen LogP contribution >= 0.6 is 23.4 Å². The lowest BCUT2D eigenvalue weighted by Gasteiger charge is -2.19. The van der Waals surface area contributed by atoms with Crippen LogP contribution in [0.2, 0.25) is 5.02 Å². The number of ether oxygens (including phenoxy) is 2. The lowest BCUT2D eigenvalue weighted by atomic mass is 10.2. The normalized spacial score (nSPS) is 12.9. The topological polar surface area (TPSA) is 78.3 Å². The predicted molar refractivity (Wildman–Crippen MR) is 132 cm³/mol. The van der Waals surface area contributed by atoms with Gasteiger partial charge in [0.1, 0.15) is 17.3 Å². The number of methoxy groups -OCH3 is 1. The minimum atomic E-state index is -0.540. The zero-order valence-electron chi connectivity index (χ0n) is 19.7. The van der Waals surface area contributed by atoms with E-state index in [1.807, 2.05) is 35.8 Å². The highest BCUT2D eigenvalue weighted by Crippen LogP contribution is 2.29. The average molecular weight is 507 g/mol. The molecule has 1 heterocycles. The smallest absolute Gasteiger partial charge is 0.237 e. The fourth-order valence-corrected chi connectivity index (χ4v) is 4.23. The molecule has 0 aliphatic heterocycles. The molecule has 2 unspecified atom stereocenters. The third-order valence-corrected chi connectivity index (χ3v) is 6.22. The van der Waals surface area contributed by atoms with E-state index in [0.29, 0.717) is 40.6 Å². The first-order chi connectivity index (χ1) is 16.2. The summed E-state index contributed by atoms with van der Waals surface area (Å²) in [6, 6.07) is 11.4. The quantitative estimate of drug-likeness (QED) is 0.340. The maximum atomic E-state index is 13.4. The van der Waals surface area contributed by atoms with Gasteiger partial charge in [-0.05, 0) is 50.1 Å². The molecule has 1 amide bonds. The second-order valence-corrected chi connectivity index (χ2v) is 9.88. The number of benzene rings is 2. The summed E-state index contributed by atoms with van der Waals surface area (Å²) in [4.78, 5) is 12.7. The summed E-state index contributed by atoms with van der Waals surface area (Å²) in [6.45, 7) is 8.54. The fraction of sp³-hybridized carbons (Fsp3) is 0.375. The van der Waals surface area contributed by atoms with Gasteiger partial charge >= 0.3 is 0 Å². The first kappa shape index (κ1) is 25.8. The van der Waals surface area contributed by atoms with Crippen LogP contribution in [0.15, 0.2) is 47.6 Å². The van der Waals surface area contributed by atoms with Gasteiger partial charge in [-0.3, -0.25) is 4.79 Å². The monoisotopic (exact) mass is 506 g/mol. The van der Waals surface area contributed by atoms with Crippen molar-refractivity contribution < 1.29 is 18.7 Å². The number of nitrogens with zero attached hydrogens (tertiary/aromatic N) is 3. The Balaban J connectivity index is 1.75. The molecule has 34 heavy (non-hydrogen) atoms. The van der Waals surface area contributed by atoms with Crippen LogP contribution in [-0.4, -0.2) is 33.0 Å². The zero-order valence-corrected chi connectivity index (χ0v) is 21.3. The molecule has 182 valence electrons. The van der Waals surface area contributed by atoms with Crippen molar-refractivity contribution in [2.24, 2.45) is 5.92 Å². The summed E-state index contributed by atoms with van der Waals surface area (Å²) in [5.41, 5.74) is 0.425. The van der Waals surface area contributed by atoms with E-state index in [0.717, 1.165) is 0 Å². The molecule has 0 saturated heterocycles. The van der Waals surface area contributed by atoms with Crippen molar-refractivity contribution in [1.82, 2.24) is 14.8 Å². The highest BCUT2D eigenvalue weighted by molar-refractivity contribution is 8.00. The molecule has 0 spiro atoms. The highest BCUT2D eigenvalue weighted by Gasteiger charge is 2.24. The van der Waals surface area contributed by atoms with Gasteiger partial charge in [0.05, 0.1) is 17.4 Å². The molecule has 2 aromatic carbocycles. The lowest BCUT2D eigenvalue weighted by molar-refractivity contribution is -0.115. The average Bonchev–Trinajstić information content (AvgIpc) is 3.17. The summed E-state index contributed by atoms with van der Waals surface area (Å²) in [7, 11) is 1.60. The Bertz CT molecular complexity index is 1140. The van der Waals surface area contributed by atoms with E-state index in [4.69, 9.17) is 21.1 Å². The summed E-state index contributed by atoms with van der Waals surface area (Å²) < 4.78 is 26.7. The number of rotatable bonds is 10. The molecule has 0 fully saturated rings. The van der Waals surface area contributed by atoms with Crippen molar-refractivity contribution in [3.05, 3.63) is 59.1 Å². The first-order valence-electron chi connectivity index (χ1n) is 10.8. The van der Waals surface area contributed by atoms with Crippen molar-refractivity contribution in [3.63, 3.8) is 0 Å². The lowest BCUT2D eigenvalue weighted by Crippen LogP contribution is -2.23. The van der Waals surface area contributed by atoms with Crippen molar-refractivity contribution >= 4 is 35.0 Å². The van der Waals surface area contributed by atoms with Gasteiger partial charge in [0.2, 0.25) is 5.91 Å². The van der Waals surface area contributed by atoms with Crippen LogP contribution in [-0.2, 0) is 11.3 Å². The molecule has 3 rings (SSSR count). The highest BCUT2D eigenvalue weighted by atomic mass is 35.5. The number of hydrogen-bond donors (Lipinski definition) is 1. The minimum absolute atomic E-state index is 0.0514. The van der Waals surface area contributed by atoms with Crippen LogP contribution in [0, 0.1) is 11.7 Å². The number of carbonyl (C=O) groups excluding carboxylic acids is 1. The predicted octanol–water partition coefficient (Wildman–Crippen LogP) is 5.99. The van der Waals surface area contributed by atoms with Gasteiger partial charge in [-0.15, -0.1) is 10.2 Å². The zero-order chi connectivity index (χ0) is 24.8. The van der Waals surface area contributed by atoms with Gasteiger partial charge in [0.15, 0.2) is 17.1 Å². The van der Waals surface area contributed by atoms with Gasteiger partial charge < -0.3 is 19.4 Å². The Morgan fingerprint density at radius 1 is 1.15 bits per heavy atom. The van der Waals surface area contributed by atoms with Crippen molar-refractivity contribution in [1.29, 1.82) is 0 Å². The first-order valence-corrected chi connectivity index (χ1v) is 12.1. The Morgan fingerprint density at radius 3 is 2.56 bits per heavy atom. The van der Waals surface area contributed by atoms with E-state index in [2.05, 4.69) is 29.4 Å². The molecule has 10 heteroatoms. The van der Waals surface area contributed by atoms with Gasteiger partial charge in [-0.1, -0.05) is 43.3 Å². The van der Waals surface area contributed by atoms with Crippen molar-refractivity contribution in [3.8, 4) is 11.5 Å². The van der Waals surface area contributed by atoms with Crippen LogP contribution in [0.1, 0.15) is 39.6 Å². The van der Waals surface area contributed by atoms with E-state index in [1.165, 1.54) is 30.0 Å². The van der Waals surface area contributed by atoms with E-state index in [-0.39, 0.29) is 17.0 Å². The third kappa shape index (κ3) is 6.64. The molecular formula is C24H28ClFN4O3S. The van der Waals surface area contributed by atoms with Crippen LogP contribution in [0.3, 0.4) is 0 Å². The van der Waals surface area contributed by atoms with Crippen molar-refractivity contribution in [2.45, 2.75) is 50.8 Å². The maximum absolute atomic E-state index is 13.4. The van der Waals surface area contributed by atoms with Crippen LogP contribution < -0.4 is 14.8 Å². The summed E-state index contributed by atoms with van der Waals surface area (Å²) >= 11 is 7.10. The Labute approximate surface area is 208 Å². The minimum Gasteiger partial charge on any atom is -0.497 e. The largest absolute Gasteiger partial charge is 0.497 e. The number of aromatic nitrogens is 3. The molecule has 0 aliphatic rings. The molecule has 3 aromatic rings. The Kier molecular flexibility index (Phi) is 8.79. The van der Waals surface area contributed by atoms with E-state index >= 15 is 0 Å². The Hall–Kier alpha value is -2.78. The molecule has 0 bridgehead atoms. The van der Waals surface area contributed by atoms with E-state index < -0.39 is 11.1 Å². The van der Waals surface area contributed by atoms with Gasteiger partial charge in [0.25, 0.3) is 0 Å². The number of carbonyl (C=O) groups is 1. The standard InChI is InChI=1S/C24H28ClFN4O3S/c1-14(2)13-30-22(15(3)33-19-8-6-7-18(12-19)32-5)28-29-24(30)34-16(4)23(31)27-17-9-10-21(26)20(25)11-17/h6-12,14-16H,13H2,1-5H3,(H,27,31). The van der Waals surface area contributed by atoms with Gasteiger partial charge in [-0.25, -0.2) is 4.39 Å². The van der Waals surface area contributed by atoms with Crippen LogP contribution in [0.5, 0.6) is 11.5 Å². The molecule has 0 radical (unpaired) electrons. The number of amides is 1. The number of anilines is 1. The van der Waals surface area contributed by atoms with Gasteiger partial charge in [0, 0.05) is 18.3 Å². The molecular weight excluding hydrogens is 479 g/mol. The molecule has 2 atom stereocenters. The molecule has 7 nitrogen and oxygen atoms in total. The summed E-state index contributed by atoms with van der Waals surface area (Å²) in [5, 5.41) is 11.5. The molecule has 0 saturated carbocycles. The van der Waals surface area contributed by atoms with Crippen molar-refractivity contribution in [2.75, 3.05) is 12.4 Å². The van der Waals surface area contributed by atoms with Crippen LogP contribution in [0.25, 0.3) is 0 Å². The third-order valence-electron chi connectivity index (χ3n) is 4.85. The Morgan fingerprint density at radius 2 is 1.88 bits per heavy atom. The van der Waals surface area contributed by atoms with Crippen LogP contribution in [0.4, 0.5) is 10.1 Å². The molecule has 1 aromatic heterocycles. The second-order valence-electron chi connectivity index (χ2n) is 8.16. The number of halogens is 2. The van der Waals surface area contributed by atoms with E-state index in [9.17, 15) is 9.18 Å². The summed E-state index contributed by atoms with van der Waals surface area (Å²) in [5.74, 6) is 1.55. The number of thioether (sulfide) groups is 1. The SMILES string of the molecule is COc1cccc(OC(C)c2nnc(SC(C)C(=O)Nc3ccc(F)c(Cl)c3)n2CC(C)C)c1.